The maximum atomic E-state index is 13.8. The Bertz CT molecular complexity index is 1270. The van der Waals surface area contributed by atoms with Crippen LogP contribution in [0.1, 0.15) is 35.9 Å². The number of allylic oxidation sites excluding steroid dienone is 1. The molecular weight excluding hydrogens is 428 g/mol. The first-order chi connectivity index (χ1) is 16.6. The second kappa shape index (κ2) is 9.14. The fourth-order valence-corrected chi connectivity index (χ4v) is 5.09. The van der Waals surface area contributed by atoms with Crippen LogP contribution in [0.5, 0.6) is 17.2 Å². The molecule has 3 aromatic rings. The van der Waals surface area contributed by atoms with Crippen molar-refractivity contribution in [1.29, 1.82) is 0 Å². The van der Waals surface area contributed by atoms with Crippen molar-refractivity contribution in [3.05, 3.63) is 89.1 Å². The maximum absolute atomic E-state index is 13.8. The number of hydrogen-bond donors (Lipinski definition) is 2. The molecule has 0 fully saturated rings. The third kappa shape index (κ3) is 3.75. The summed E-state index contributed by atoms with van der Waals surface area (Å²) < 4.78 is 16.9. The zero-order valence-corrected chi connectivity index (χ0v) is 19.6. The fraction of sp³-hybridized carbons (Fsp3) is 0.250. The van der Waals surface area contributed by atoms with Crippen molar-refractivity contribution in [2.24, 2.45) is 0 Å². The predicted molar refractivity (Wildman–Crippen MR) is 133 cm³/mol. The quantitative estimate of drug-likeness (QED) is 0.514. The van der Waals surface area contributed by atoms with Gasteiger partial charge in [0.15, 0.2) is 17.3 Å². The lowest BCUT2D eigenvalue weighted by molar-refractivity contribution is -0.116. The minimum absolute atomic E-state index is 0.0213. The van der Waals surface area contributed by atoms with E-state index >= 15 is 0 Å². The summed E-state index contributed by atoms with van der Waals surface area (Å²) in [6, 6.07) is 21.3. The summed E-state index contributed by atoms with van der Waals surface area (Å²) in [6.07, 6.45) is 1.10. The van der Waals surface area contributed by atoms with E-state index in [9.17, 15) is 4.79 Å². The first kappa shape index (κ1) is 21.9. The van der Waals surface area contributed by atoms with Gasteiger partial charge in [-0.25, -0.2) is 0 Å². The average Bonchev–Trinajstić information content (AvgIpc) is 3.04. The van der Waals surface area contributed by atoms with Gasteiger partial charge in [0.1, 0.15) is 5.75 Å². The Labute approximate surface area is 199 Å². The molecule has 34 heavy (non-hydrogen) atoms. The van der Waals surface area contributed by atoms with Gasteiger partial charge in [0, 0.05) is 29.2 Å². The highest BCUT2D eigenvalue weighted by molar-refractivity contribution is 6.01. The van der Waals surface area contributed by atoms with E-state index in [2.05, 4.69) is 10.6 Å². The van der Waals surface area contributed by atoms with Crippen LogP contribution >= 0.6 is 0 Å². The molecule has 0 radical (unpaired) electrons. The molecule has 0 amide bonds. The van der Waals surface area contributed by atoms with Crippen LogP contribution in [0.25, 0.3) is 0 Å². The van der Waals surface area contributed by atoms with Crippen molar-refractivity contribution >= 4 is 17.2 Å². The standard InChI is InChI=1S/C28H28N2O4/c1-32-24-13-7-4-9-18(24)17-15-22-26(23(31)16-17)27(30-21-12-6-5-11-20(21)29-22)19-10-8-14-25(33-2)28(19)34-3/h4-14,17,27,29-30H,15-16H2,1-3H3/t17-,27-/m1/s1. The summed E-state index contributed by atoms with van der Waals surface area (Å²) in [5, 5.41) is 7.19. The van der Waals surface area contributed by atoms with Crippen LogP contribution in [0.3, 0.4) is 0 Å². The SMILES string of the molecule is COc1ccccc1[C@H]1CC(=O)C2=C(C1)Nc1ccccc1N[C@@H]2c1cccc(OC)c1OC. The third-order valence-electron chi connectivity index (χ3n) is 6.63. The number of para-hydroxylation sites is 4. The van der Waals surface area contributed by atoms with E-state index in [1.165, 1.54) is 0 Å². The molecule has 1 heterocycles. The van der Waals surface area contributed by atoms with E-state index in [0.717, 1.165) is 39.5 Å². The number of anilines is 2. The Morgan fingerprint density at radius 3 is 2.18 bits per heavy atom. The highest BCUT2D eigenvalue weighted by Crippen LogP contribution is 2.48. The van der Waals surface area contributed by atoms with Crippen LogP contribution in [0.4, 0.5) is 11.4 Å². The number of ketones is 1. The third-order valence-corrected chi connectivity index (χ3v) is 6.63. The number of hydrogen-bond acceptors (Lipinski definition) is 6. The van der Waals surface area contributed by atoms with Crippen LogP contribution in [0, 0.1) is 0 Å². The molecule has 2 aliphatic rings. The van der Waals surface area contributed by atoms with Crippen molar-refractivity contribution in [2.75, 3.05) is 32.0 Å². The minimum Gasteiger partial charge on any atom is -0.496 e. The van der Waals surface area contributed by atoms with Crippen molar-refractivity contribution < 1.29 is 19.0 Å². The van der Waals surface area contributed by atoms with E-state index in [1.807, 2.05) is 66.7 Å². The fourth-order valence-electron chi connectivity index (χ4n) is 5.09. The molecular formula is C28H28N2O4. The smallest absolute Gasteiger partial charge is 0.166 e. The van der Waals surface area contributed by atoms with Crippen LogP contribution < -0.4 is 24.8 Å². The molecule has 2 N–H and O–H groups in total. The molecule has 2 atom stereocenters. The van der Waals surface area contributed by atoms with Crippen LogP contribution in [0.2, 0.25) is 0 Å². The highest BCUT2D eigenvalue weighted by Gasteiger charge is 2.38. The van der Waals surface area contributed by atoms with E-state index in [4.69, 9.17) is 14.2 Å². The van der Waals surface area contributed by atoms with Gasteiger partial charge in [-0.2, -0.15) is 0 Å². The molecule has 0 aromatic heterocycles. The number of nitrogens with one attached hydrogen (secondary N) is 2. The van der Waals surface area contributed by atoms with Crippen LogP contribution in [-0.2, 0) is 4.79 Å². The van der Waals surface area contributed by atoms with Gasteiger partial charge in [-0.15, -0.1) is 0 Å². The molecule has 6 heteroatoms. The summed E-state index contributed by atoms with van der Waals surface area (Å²) in [4.78, 5) is 13.8. The lowest BCUT2D eigenvalue weighted by atomic mass is 9.78. The highest BCUT2D eigenvalue weighted by atomic mass is 16.5. The summed E-state index contributed by atoms with van der Waals surface area (Å²) >= 11 is 0. The van der Waals surface area contributed by atoms with Gasteiger partial charge in [0.2, 0.25) is 0 Å². The van der Waals surface area contributed by atoms with Crippen LogP contribution in [-0.4, -0.2) is 27.1 Å². The van der Waals surface area contributed by atoms with Gasteiger partial charge in [0.05, 0.1) is 38.7 Å². The zero-order chi connectivity index (χ0) is 23.7. The molecule has 174 valence electrons. The molecule has 0 saturated heterocycles. The van der Waals surface area contributed by atoms with Gasteiger partial charge in [-0.05, 0) is 36.2 Å². The molecule has 3 aromatic carbocycles. The number of rotatable bonds is 5. The van der Waals surface area contributed by atoms with Crippen molar-refractivity contribution in [3.63, 3.8) is 0 Å². The molecule has 0 unspecified atom stereocenters. The first-order valence-corrected chi connectivity index (χ1v) is 11.4. The van der Waals surface area contributed by atoms with Gasteiger partial charge < -0.3 is 24.8 Å². The summed E-state index contributed by atoms with van der Waals surface area (Å²) in [7, 11) is 4.91. The normalized spacial score (nSPS) is 19.2. The van der Waals surface area contributed by atoms with E-state index in [0.29, 0.717) is 24.3 Å². The Morgan fingerprint density at radius 1 is 0.735 bits per heavy atom. The molecule has 0 saturated carbocycles. The Kier molecular flexibility index (Phi) is 5.88. The molecule has 0 spiro atoms. The van der Waals surface area contributed by atoms with Gasteiger partial charge in [-0.1, -0.05) is 42.5 Å². The Balaban J connectivity index is 1.66. The van der Waals surface area contributed by atoms with E-state index in [1.54, 1.807) is 21.3 Å². The van der Waals surface area contributed by atoms with Gasteiger partial charge >= 0.3 is 0 Å². The zero-order valence-electron chi connectivity index (χ0n) is 19.6. The number of methoxy groups -OCH3 is 3. The van der Waals surface area contributed by atoms with E-state index < -0.39 is 0 Å². The lowest BCUT2D eigenvalue weighted by Crippen LogP contribution is -2.27. The number of ether oxygens (including phenoxy) is 3. The van der Waals surface area contributed by atoms with Crippen molar-refractivity contribution in [1.82, 2.24) is 0 Å². The van der Waals surface area contributed by atoms with Crippen molar-refractivity contribution in [2.45, 2.75) is 24.8 Å². The largest absolute Gasteiger partial charge is 0.496 e. The lowest BCUT2D eigenvalue weighted by Gasteiger charge is -2.31. The number of Topliss-reactive ketones (excluding diaryl/α,β-unsaturated/α-hetero) is 1. The first-order valence-electron chi connectivity index (χ1n) is 11.4. The minimum atomic E-state index is -0.387. The average molecular weight is 457 g/mol. The molecule has 1 aliphatic heterocycles. The number of carbonyl (C=O) groups is 1. The van der Waals surface area contributed by atoms with Crippen LogP contribution in [0.15, 0.2) is 78.0 Å². The Morgan fingerprint density at radius 2 is 1.41 bits per heavy atom. The molecule has 6 nitrogen and oxygen atoms in total. The van der Waals surface area contributed by atoms with Gasteiger partial charge in [-0.3, -0.25) is 4.79 Å². The number of carbonyl (C=O) groups excluding carboxylic acids is 1. The Hall–Kier alpha value is -3.93. The van der Waals surface area contributed by atoms with Gasteiger partial charge in [0.25, 0.3) is 0 Å². The predicted octanol–water partition coefficient (Wildman–Crippen LogP) is 5.69. The summed E-state index contributed by atoms with van der Waals surface area (Å²) in [6.45, 7) is 0. The number of benzene rings is 3. The molecule has 1 aliphatic carbocycles. The van der Waals surface area contributed by atoms with Crippen molar-refractivity contribution in [3.8, 4) is 17.2 Å². The second-order valence-corrected chi connectivity index (χ2v) is 8.49. The molecule has 0 bridgehead atoms. The molecule has 5 rings (SSSR count). The van der Waals surface area contributed by atoms with E-state index in [-0.39, 0.29) is 17.7 Å². The topological polar surface area (TPSA) is 68.8 Å². The summed E-state index contributed by atoms with van der Waals surface area (Å²) in [5.41, 5.74) is 5.42. The summed E-state index contributed by atoms with van der Waals surface area (Å²) in [5.74, 6) is 2.17. The number of fused-ring (bicyclic) bond motifs is 1. The maximum Gasteiger partial charge on any atom is 0.166 e. The monoisotopic (exact) mass is 456 g/mol. The second-order valence-electron chi connectivity index (χ2n) is 8.49.